The van der Waals surface area contributed by atoms with Gasteiger partial charge in [0.05, 0.1) is 6.61 Å². The van der Waals surface area contributed by atoms with Gasteiger partial charge < -0.3 is 10.1 Å². The van der Waals surface area contributed by atoms with E-state index in [-0.39, 0.29) is 18.3 Å². The van der Waals surface area contributed by atoms with Gasteiger partial charge in [0.15, 0.2) is 5.82 Å². The zero-order valence-electron chi connectivity index (χ0n) is 15.9. The maximum absolute atomic E-state index is 12.2. The van der Waals surface area contributed by atoms with Gasteiger partial charge in [0.25, 0.3) is 0 Å². The monoisotopic (exact) mass is 393 g/mol. The van der Waals surface area contributed by atoms with Gasteiger partial charge in [0.2, 0.25) is 11.9 Å². The molecule has 2 heterocycles. The minimum absolute atomic E-state index is 0. The number of rotatable bonds is 7. The summed E-state index contributed by atoms with van der Waals surface area (Å²) in [4.78, 5) is 16.7. The number of aryl methyl sites for hydroxylation is 2. The van der Waals surface area contributed by atoms with Gasteiger partial charge in [0.1, 0.15) is 5.75 Å². The number of piperidine rings is 1. The molecule has 0 bridgehead atoms. The molecule has 0 saturated carbocycles. The predicted octanol–water partition coefficient (Wildman–Crippen LogP) is 2.81. The van der Waals surface area contributed by atoms with Crippen molar-refractivity contribution in [2.24, 2.45) is 7.05 Å². The van der Waals surface area contributed by atoms with Gasteiger partial charge in [-0.1, -0.05) is 12.1 Å². The number of benzene rings is 1. The molecular formula is C19H28ClN5O2. The molecule has 1 fully saturated rings. The van der Waals surface area contributed by atoms with Crippen LogP contribution in [0, 0.1) is 6.92 Å². The Kier molecular flexibility index (Phi) is 8.06. The summed E-state index contributed by atoms with van der Waals surface area (Å²) in [6.45, 7) is 4.52. The second kappa shape index (κ2) is 10.3. The van der Waals surface area contributed by atoms with Gasteiger partial charge >= 0.3 is 0 Å². The quantitative estimate of drug-likeness (QED) is 0.707. The van der Waals surface area contributed by atoms with Gasteiger partial charge in [-0.2, -0.15) is 10.1 Å². The first-order valence-electron chi connectivity index (χ1n) is 9.23. The Bertz CT molecular complexity index is 743. The lowest BCUT2D eigenvalue weighted by molar-refractivity contribution is -0.116. The van der Waals surface area contributed by atoms with E-state index in [1.54, 1.807) is 4.68 Å². The van der Waals surface area contributed by atoms with Gasteiger partial charge in [-0.15, -0.1) is 12.4 Å². The summed E-state index contributed by atoms with van der Waals surface area (Å²) in [5.41, 5.74) is 1.16. The molecule has 8 heteroatoms. The SMILES string of the molecule is Cc1cccc(OCCCC(=O)Nc2nc(C3CCNCC3)nn2C)c1.Cl. The standard InChI is InChI=1S/C19H27N5O2.ClH/c1-14-5-3-6-16(13-14)26-12-4-7-17(25)21-19-22-18(23-24(19)2)15-8-10-20-11-9-15;/h3,5-6,13,15,20H,4,7-12H2,1-2H3,(H,21,22,23,25);1H. The molecule has 3 rings (SSSR count). The Morgan fingerprint density at radius 3 is 2.89 bits per heavy atom. The lowest BCUT2D eigenvalue weighted by atomic mass is 9.98. The zero-order valence-corrected chi connectivity index (χ0v) is 16.7. The number of ether oxygens (including phenoxy) is 1. The molecule has 0 unspecified atom stereocenters. The van der Waals surface area contributed by atoms with Crippen molar-refractivity contribution in [3.05, 3.63) is 35.7 Å². The molecule has 0 radical (unpaired) electrons. The van der Waals surface area contributed by atoms with Crippen molar-refractivity contribution in [1.82, 2.24) is 20.1 Å². The van der Waals surface area contributed by atoms with Crippen LogP contribution in [0.2, 0.25) is 0 Å². The van der Waals surface area contributed by atoms with Crippen molar-refractivity contribution >= 4 is 24.3 Å². The van der Waals surface area contributed by atoms with Crippen LogP contribution >= 0.6 is 12.4 Å². The van der Waals surface area contributed by atoms with E-state index in [2.05, 4.69) is 20.7 Å². The number of hydrogen-bond acceptors (Lipinski definition) is 5. The summed E-state index contributed by atoms with van der Waals surface area (Å²) in [5.74, 6) is 2.49. The third kappa shape index (κ3) is 6.22. The summed E-state index contributed by atoms with van der Waals surface area (Å²) in [5, 5.41) is 10.7. The number of hydrogen-bond donors (Lipinski definition) is 2. The van der Waals surface area contributed by atoms with Crippen molar-refractivity contribution in [1.29, 1.82) is 0 Å². The van der Waals surface area contributed by atoms with Crippen molar-refractivity contribution in [2.45, 2.75) is 38.5 Å². The van der Waals surface area contributed by atoms with E-state index in [9.17, 15) is 4.79 Å². The van der Waals surface area contributed by atoms with Crippen molar-refractivity contribution in [3.8, 4) is 5.75 Å². The fourth-order valence-corrected chi connectivity index (χ4v) is 3.08. The van der Waals surface area contributed by atoms with Crippen LogP contribution in [-0.2, 0) is 11.8 Å². The molecular weight excluding hydrogens is 366 g/mol. The van der Waals surface area contributed by atoms with Crippen LogP contribution in [0.1, 0.15) is 43.0 Å². The molecule has 0 spiro atoms. The molecule has 1 aromatic carbocycles. The summed E-state index contributed by atoms with van der Waals surface area (Å²) >= 11 is 0. The van der Waals surface area contributed by atoms with Crippen molar-refractivity contribution in [3.63, 3.8) is 0 Å². The van der Waals surface area contributed by atoms with Crippen LogP contribution in [0.25, 0.3) is 0 Å². The fraction of sp³-hybridized carbons (Fsp3) is 0.526. The highest BCUT2D eigenvalue weighted by Gasteiger charge is 2.21. The summed E-state index contributed by atoms with van der Waals surface area (Å²) in [6.07, 6.45) is 3.11. The number of aromatic nitrogens is 3. The van der Waals surface area contributed by atoms with E-state index in [0.29, 0.717) is 31.3 Å². The molecule has 1 amide bonds. The van der Waals surface area contributed by atoms with Gasteiger partial charge in [-0.25, -0.2) is 4.68 Å². The summed E-state index contributed by atoms with van der Waals surface area (Å²) in [6, 6.07) is 7.90. The molecule has 0 atom stereocenters. The third-order valence-electron chi connectivity index (χ3n) is 4.54. The summed E-state index contributed by atoms with van der Waals surface area (Å²) in [7, 11) is 1.81. The zero-order chi connectivity index (χ0) is 18.4. The number of carbonyl (C=O) groups is 1. The fourth-order valence-electron chi connectivity index (χ4n) is 3.08. The van der Waals surface area contributed by atoms with Gasteiger partial charge in [-0.05, 0) is 57.0 Å². The van der Waals surface area contributed by atoms with Crippen LogP contribution < -0.4 is 15.4 Å². The van der Waals surface area contributed by atoms with E-state index in [4.69, 9.17) is 4.74 Å². The lowest BCUT2D eigenvalue weighted by Gasteiger charge is -2.19. The van der Waals surface area contributed by atoms with E-state index in [1.165, 1.54) is 0 Å². The van der Waals surface area contributed by atoms with Crippen LogP contribution in [-0.4, -0.2) is 40.4 Å². The van der Waals surface area contributed by atoms with Crippen molar-refractivity contribution < 1.29 is 9.53 Å². The minimum Gasteiger partial charge on any atom is -0.494 e. The number of anilines is 1. The number of halogens is 1. The first-order chi connectivity index (χ1) is 12.6. The lowest BCUT2D eigenvalue weighted by Crippen LogP contribution is -2.27. The number of carbonyl (C=O) groups excluding carboxylic acids is 1. The molecule has 148 valence electrons. The van der Waals surface area contributed by atoms with E-state index < -0.39 is 0 Å². The predicted molar refractivity (Wildman–Crippen MR) is 108 cm³/mol. The Balaban J connectivity index is 0.00000261. The molecule has 1 saturated heterocycles. The highest BCUT2D eigenvalue weighted by molar-refractivity contribution is 5.88. The molecule has 7 nitrogen and oxygen atoms in total. The van der Waals surface area contributed by atoms with Crippen LogP contribution in [0.5, 0.6) is 5.75 Å². The maximum atomic E-state index is 12.2. The normalized spacial score (nSPS) is 14.4. The highest BCUT2D eigenvalue weighted by atomic mass is 35.5. The highest BCUT2D eigenvalue weighted by Crippen LogP contribution is 2.23. The second-order valence-corrected chi connectivity index (χ2v) is 6.76. The Labute approximate surface area is 166 Å². The Hall–Kier alpha value is -2.12. The number of nitrogens with zero attached hydrogens (tertiary/aromatic N) is 3. The molecule has 2 aromatic rings. The third-order valence-corrected chi connectivity index (χ3v) is 4.54. The number of amides is 1. The molecule has 1 aliphatic heterocycles. The minimum atomic E-state index is -0.0646. The molecule has 2 N–H and O–H groups in total. The second-order valence-electron chi connectivity index (χ2n) is 6.76. The topological polar surface area (TPSA) is 81.1 Å². The maximum Gasteiger partial charge on any atom is 0.227 e. The molecule has 1 aromatic heterocycles. The average molecular weight is 394 g/mol. The van der Waals surface area contributed by atoms with Crippen molar-refractivity contribution in [2.75, 3.05) is 25.0 Å². The molecule has 1 aliphatic rings. The van der Waals surface area contributed by atoms with Crippen LogP contribution in [0.4, 0.5) is 5.95 Å². The van der Waals surface area contributed by atoms with Crippen LogP contribution in [0.3, 0.4) is 0 Å². The molecule has 0 aliphatic carbocycles. The molecule has 27 heavy (non-hydrogen) atoms. The van der Waals surface area contributed by atoms with E-state index in [0.717, 1.165) is 43.1 Å². The Morgan fingerprint density at radius 2 is 2.15 bits per heavy atom. The van der Waals surface area contributed by atoms with E-state index in [1.807, 2.05) is 38.2 Å². The van der Waals surface area contributed by atoms with Crippen LogP contribution in [0.15, 0.2) is 24.3 Å². The van der Waals surface area contributed by atoms with Gasteiger partial charge in [0, 0.05) is 19.4 Å². The van der Waals surface area contributed by atoms with E-state index >= 15 is 0 Å². The van der Waals surface area contributed by atoms with Gasteiger partial charge in [-0.3, -0.25) is 10.1 Å². The largest absolute Gasteiger partial charge is 0.494 e. The first-order valence-corrected chi connectivity index (χ1v) is 9.23. The first kappa shape index (κ1) is 21.2. The number of nitrogens with one attached hydrogen (secondary N) is 2. The Morgan fingerprint density at radius 1 is 1.37 bits per heavy atom. The average Bonchev–Trinajstić information content (AvgIpc) is 3.00. The summed E-state index contributed by atoms with van der Waals surface area (Å²) < 4.78 is 7.33. The smallest absolute Gasteiger partial charge is 0.227 e.